The average molecular weight is 168 g/mol. The Morgan fingerprint density at radius 1 is 1.33 bits per heavy atom. The third-order valence-corrected chi connectivity index (χ3v) is 1.72. The first-order chi connectivity index (χ1) is 5.67. The van der Waals surface area contributed by atoms with Crippen LogP contribution in [0.3, 0.4) is 0 Å². The van der Waals surface area contributed by atoms with Gasteiger partial charge in [-0.05, 0) is 18.9 Å². The molecule has 0 unspecified atom stereocenters. The molecule has 0 atom stereocenters. The van der Waals surface area contributed by atoms with Gasteiger partial charge in [0.1, 0.15) is 0 Å². The fourth-order valence-corrected chi connectivity index (χ4v) is 0.891. The average Bonchev–Trinajstić information content (AvgIpc) is 2.35. The molecule has 0 amide bonds. The van der Waals surface area contributed by atoms with Crippen LogP contribution in [-0.4, -0.2) is 9.78 Å². The van der Waals surface area contributed by atoms with Gasteiger partial charge in [0.15, 0.2) is 0 Å². The summed E-state index contributed by atoms with van der Waals surface area (Å²) in [5, 5.41) is 4.10. The third-order valence-electron chi connectivity index (χ3n) is 1.72. The van der Waals surface area contributed by atoms with Crippen molar-refractivity contribution in [1.82, 2.24) is 9.78 Å². The molecule has 0 aliphatic rings. The Bertz CT molecular complexity index is 214. The number of aryl methyl sites for hydroxylation is 2. The second kappa shape index (κ2) is 5.81. The van der Waals surface area contributed by atoms with E-state index in [-0.39, 0.29) is 0 Å². The highest BCUT2D eigenvalue weighted by Gasteiger charge is 1.98. The lowest BCUT2D eigenvalue weighted by Crippen LogP contribution is -1.93. The molecule has 2 nitrogen and oxygen atoms in total. The van der Waals surface area contributed by atoms with Crippen LogP contribution in [0.1, 0.15) is 38.4 Å². The van der Waals surface area contributed by atoms with E-state index in [0.29, 0.717) is 0 Å². The molecule has 0 fully saturated rings. The molecule has 1 aromatic rings. The van der Waals surface area contributed by atoms with Gasteiger partial charge in [-0.25, -0.2) is 0 Å². The molecule has 1 heterocycles. The van der Waals surface area contributed by atoms with E-state index in [9.17, 15) is 0 Å². The van der Waals surface area contributed by atoms with Gasteiger partial charge in [0, 0.05) is 12.7 Å². The SMILES string of the molecule is CCC.CCc1cnn(C)c1C. The summed E-state index contributed by atoms with van der Waals surface area (Å²) in [5.74, 6) is 0. The van der Waals surface area contributed by atoms with Gasteiger partial charge in [0.05, 0.1) is 6.20 Å². The van der Waals surface area contributed by atoms with Gasteiger partial charge >= 0.3 is 0 Å². The number of rotatable bonds is 1. The van der Waals surface area contributed by atoms with Gasteiger partial charge in [-0.2, -0.15) is 5.10 Å². The van der Waals surface area contributed by atoms with Crippen LogP contribution in [0, 0.1) is 6.92 Å². The number of aromatic nitrogens is 2. The molecule has 0 aliphatic heterocycles. The normalized spacial score (nSPS) is 9.08. The second-order valence-corrected chi connectivity index (χ2v) is 2.94. The van der Waals surface area contributed by atoms with Crippen LogP contribution in [-0.2, 0) is 13.5 Å². The van der Waals surface area contributed by atoms with Crippen molar-refractivity contribution in [3.8, 4) is 0 Å². The van der Waals surface area contributed by atoms with Crippen molar-refractivity contribution in [3.63, 3.8) is 0 Å². The predicted octanol–water partition coefficient (Wildman–Crippen LogP) is 2.71. The summed E-state index contributed by atoms with van der Waals surface area (Å²) in [6.45, 7) is 8.48. The predicted molar refractivity (Wildman–Crippen MR) is 53.3 cm³/mol. The van der Waals surface area contributed by atoms with Crippen LogP contribution in [0.2, 0.25) is 0 Å². The zero-order chi connectivity index (χ0) is 9.56. The van der Waals surface area contributed by atoms with Crippen molar-refractivity contribution in [2.45, 2.75) is 40.5 Å². The Hall–Kier alpha value is -0.790. The summed E-state index contributed by atoms with van der Waals surface area (Å²) >= 11 is 0. The fourth-order valence-electron chi connectivity index (χ4n) is 0.891. The molecule has 12 heavy (non-hydrogen) atoms. The minimum absolute atomic E-state index is 1.08. The quantitative estimate of drug-likeness (QED) is 0.630. The molecule has 0 spiro atoms. The zero-order valence-electron chi connectivity index (χ0n) is 8.89. The van der Waals surface area contributed by atoms with E-state index in [0.717, 1.165) is 6.42 Å². The van der Waals surface area contributed by atoms with E-state index >= 15 is 0 Å². The molecule has 0 bridgehead atoms. The van der Waals surface area contributed by atoms with Crippen molar-refractivity contribution in [2.75, 3.05) is 0 Å². The highest BCUT2D eigenvalue weighted by atomic mass is 15.3. The van der Waals surface area contributed by atoms with Crippen LogP contribution >= 0.6 is 0 Å². The van der Waals surface area contributed by atoms with Crippen molar-refractivity contribution >= 4 is 0 Å². The van der Waals surface area contributed by atoms with Crippen molar-refractivity contribution in [1.29, 1.82) is 0 Å². The maximum absolute atomic E-state index is 4.10. The van der Waals surface area contributed by atoms with Crippen LogP contribution in [0.5, 0.6) is 0 Å². The Kier molecular flexibility index (Phi) is 5.43. The van der Waals surface area contributed by atoms with Gasteiger partial charge in [0.2, 0.25) is 0 Å². The van der Waals surface area contributed by atoms with Gasteiger partial charge in [-0.1, -0.05) is 27.2 Å². The lowest BCUT2D eigenvalue weighted by atomic mass is 10.2. The summed E-state index contributed by atoms with van der Waals surface area (Å²) in [7, 11) is 1.97. The topological polar surface area (TPSA) is 17.8 Å². The molecule has 1 rings (SSSR count). The zero-order valence-corrected chi connectivity index (χ0v) is 8.89. The van der Waals surface area contributed by atoms with E-state index < -0.39 is 0 Å². The minimum atomic E-state index is 1.08. The highest BCUT2D eigenvalue weighted by Crippen LogP contribution is 2.04. The largest absolute Gasteiger partial charge is 0.273 e. The highest BCUT2D eigenvalue weighted by molar-refractivity contribution is 5.14. The minimum Gasteiger partial charge on any atom is -0.273 e. The number of nitrogens with zero attached hydrogens (tertiary/aromatic N) is 2. The Morgan fingerprint density at radius 2 is 1.83 bits per heavy atom. The molecular formula is C10H20N2. The van der Waals surface area contributed by atoms with E-state index in [1.165, 1.54) is 17.7 Å². The Morgan fingerprint density at radius 3 is 2.00 bits per heavy atom. The smallest absolute Gasteiger partial charge is 0.0524 e. The van der Waals surface area contributed by atoms with Crippen LogP contribution in [0.25, 0.3) is 0 Å². The second-order valence-electron chi connectivity index (χ2n) is 2.94. The first-order valence-corrected chi connectivity index (χ1v) is 4.64. The summed E-state index contributed by atoms with van der Waals surface area (Å²) in [6, 6.07) is 0. The molecule has 0 aromatic carbocycles. The molecule has 0 aliphatic carbocycles. The van der Waals surface area contributed by atoms with Gasteiger partial charge in [-0.3, -0.25) is 4.68 Å². The molecule has 1 aromatic heterocycles. The first-order valence-electron chi connectivity index (χ1n) is 4.64. The van der Waals surface area contributed by atoms with Crippen molar-refractivity contribution in [2.24, 2.45) is 7.05 Å². The summed E-state index contributed by atoms with van der Waals surface area (Å²) in [4.78, 5) is 0. The Labute approximate surface area is 75.6 Å². The maximum atomic E-state index is 4.10. The fraction of sp³-hybridized carbons (Fsp3) is 0.700. The van der Waals surface area contributed by atoms with Crippen molar-refractivity contribution in [3.05, 3.63) is 17.5 Å². The van der Waals surface area contributed by atoms with Crippen molar-refractivity contribution < 1.29 is 0 Å². The Balaban J connectivity index is 0.000000354. The monoisotopic (exact) mass is 168 g/mol. The van der Waals surface area contributed by atoms with Crippen LogP contribution < -0.4 is 0 Å². The number of hydrogen-bond donors (Lipinski definition) is 0. The molecule has 0 radical (unpaired) electrons. The number of hydrogen-bond acceptors (Lipinski definition) is 1. The molecule has 0 saturated heterocycles. The van der Waals surface area contributed by atoms with Gasteiger partial charge < -0.3 is 0 Å². The third kappa shape index (κ3) is 3.07. The van der Waals surface area contributed by atoms with Gasteiger partial charge in [0.25, 0.3) is 0 Å². The lowest BCUT2D eigenvalue weighted by molar-refractivity contribution is 0.738. The lowest BCUT2D eigenvalue weighted by Gasteiger charge is -1.93. The maximum Gasteiger partial charge on any atom is 0.0524 e. The molecule has 0 saturated carbocycles. The standard InChI is InChI=1S/C7H12N2.C3H8/c1-4-7-5-8-9(3)6(7)2;1-3-2/h5H,4H2,1-3H3;3H2,1-2H3. The molecule has 2 heteroatoms. The van der Waals surface area contributed by atoms with E-state index in [4.69, 9.17) is 0 Å². The van der Waals surface area contributed by atoms with Gasteiger partial charge in [-0.15, -0.1) is 0 Å². The molecule has 0 N–H and O–H groups in total. The summed E-state index contributed by atoms with van der Waals surface area (Å²) < 4.78 is 1.90. The summed E-state index contributed by atoms with van der Waals surface area (Å²) in [6.07, 6.45) is 4.26. The molecular weight excluding hydrogens is 148 g/mol. The molecule has 70 valence electrons. The first kappa shape index (κ1) is 11.2. The summed E-state index contributed by atoms with van der Waals surface area (Å²) in [5.41, 5.74) is 2.62. The van der Waals surface area contributed by atoms with E-state index in [1.807, 2.05) is 17.9 Å². The van der Waals surface area contributed by atoms with Crippen LogP contribution in [0.15, 0.2) is 6.20 Å². The van der Waals surface area contributed by atoms with E-state index in [2.05, 4.69) is 32.8 Å². The van der Waals surface area contributed by atoms with E-state index in [1.54, 1.807) is 0 Å². The van der Waals surface area contributed by atoms with Crippen LogP contribution in [0.4, 0.5) is 0 Å².